The molecule has 2 amide bonds. The third-order valence-corrected chi connectivity index (χ3v) is 3.72. The molecule has 0 bridgehead atoms. The highest BCUT2D eigenvalue weighted by molar-refractivity contribution is 6.04. The molecule has 5 heteroatoms. The number of ether oxygens (including phenoxy) is 1. The summed E-state index contributed by atoms with van der Waals surface area (Å²) in [5, 5.41) is 5.70. The molecule has 0 heterocycles. The monoisotopic (exact) mass is 290 g/mol. The zero-order valence-corrected chi connectivity index (χ0v) is 12.4. The fourth-order valence-corrected chi connectivity index (χ4v) is 2.21. The highest BCUT2D eigenvalue weighted by atomic mass is 16.5. The van der Waals surface area contributed by atoms with E-state index in [1.165, 1.54) is 0 Å². The van der Waals surface area contributed by atoms with Crippen LogP contribution in [0.3, 0.4) is 0 Å². The Kier molecular flexibility index (Phi) is 5.75. The normalized spacial score (nSPS) is 14.3. The summed E-state index contributed by atoms with van der Waals surface area (Å²) in [6.45, 7) is 1.16. The van der Waals surface area contributed by atoms with Crippen molar-refractivity contribution in [2.45, 2.75) is 25.7 Å². The first kappa shape index (κ1) is 15.5. The lowest BCUT2D eigenvalue weighted by atomic mass is 9.85. The Morgan fingerprint density at radius 3 is 2.71 bits per heavy atom. The first-order valence-electron chi connectivity index (χ1n) is 7.39. The number of carbonyl (C=O) groups is 2. The van der Waals surface area contributed by atoms with Crippen molar-refractivity contribution >= 4 is 17.5 Å². The number of hydrogen-bond acceptors (Lipinski definition) is 3. The van der Waals surface area contributed by atoms with Crippen LogP contribution in [-0.4, -0.2) is 32.1 Å². The lowest BCUT2D eigenvalue weighted by Gasteiger charge is -2.24. The van der Waals surface area contributed by atoms with E-state index in [1.807, 2.05) is 6.07 Å². The van der Waals surface area contributed by atoms with Gasteiger partial charge in [-0.05, 0) is 31.4 Å². The third-order valence-electron chi connectivity index (χ3n) is 3.72. The Balaban J connectivity index is 1.95. The molecule has 0 radical (unpaired) electrons. The molecule has 1 aromatic carbocycles. The number of hydrogen-bond donors (Lipinski definition) is 2. The highest BCUT2D eigenvalue weighted by Gasteiger charge is 2.26. The van der Waals surface area contributed by atoms with Crippen LogP contribution in [0.5, 0.6) is 0 Å². The maximum absolute atomic E-state index is 12.2. The van der Waals surface area contributed by atoms with Crippen LogP contribution in [0.4, 0.5) is 5.69 Å². The second-order valence-electron chi connectivity index (χ2n) is 5.26. The molecule has 0 aliphatic heterocycles. The number of carbonyl (C=O) groups excluding carboxylic acids is 2. The SMILES string of the molecule is COCCCNC(=O)c1ccccc1NC(=O)C1CCC1. The summed E-state index contributed by atoms with van der Waals surface area (Å²) in [7, 11) is 1.63. The van der Waals surface area contributed by atoms with Crippen LogP contribution >= 0.6 is 0 Å². The van der Waals surface area contributed by atoms with Crippen LogP contribution in [0.25, 0.3) is 0 Å². The summed E-state index contributed by atoms with van der Waals surface area (Å²) in [6.07, 6.45) is 3.76. The lowest BCUT2D eigenvalue weighted by molar-refractivity contribution is -0.122. The number of amides is 2. The molecule has 2 rings (SSSR count). The van der Waals surface area contributed by atoms with E-state index in [2.05, 4.69) is 10.6 Å². The van der Waals surface area contributed by atoms with Crippen molar-refractivity contribution in [1.82, 2.24) is 5.32 Å². The number of para-hydroxylation sites is 1. The minimum absolute atomic E-state index is 0.0147. The molecular formula is C16H22N2O3. The van der Waals surface area contributed by atoms with E-state index >= 15 is 0 Å². The summed E-state index contributed by atoms with van der Waals surface area (Å²) in [6, 6.07) is 7.10. The zero-order chi connectivity index (χ0) is 15.1. The summed E-state index contributed by atoms with van der Waals surface area (Å²) in [4.78, 5) is 24.2. The minimum atomic E-state index is -0.171. The topological polar surface area (TPSA) is 67.4 Å². The first-order chi connectivity index (χ1) is 10.2. The molecule has 0 saturated heterocycles. The van der Waals surface area contributed by atoms with Gasteiger partial charge >= 0.3 is 0 Å². The van der Waals surface area contributed by atoms with Gasteiger partial charge in [-0.3, -0.25) is 9.59 Å². The van der Waals surface area contributed by atoms with Gasteiger partial charge in [0.25, 0.3) is 5.91 Å². The van der Waals surface area contributed by atoms with Gasteiger partial charge in [0.05, 0.1) is 11.3 Å². The van der Waals surface area contributed by atoms with Crippen molar-refractivity contribution in [2.75, 3.05) is 25.6 Å². The molecule has 0 aromatic heterocycles. The maximum Gasteiger partial charge on any atom is 0.253 e. The average Bonchev–Trinajstić information content (AvgIpc) is 2.42. The predicted molar refractivity (Wildman–Crippen MR) is 81.2 cm³/mol. The Hall–Kier alpha value is -1.88. The van der Waals surface area contributed by atoms with E-state index in [4.69, 9.17) is 4.74 Å². The van der Waals surface area contributed by atoms with Gasteiger partial charge in [-0.15, -0.1) is 0 Å². The van der Waals surface area contributed by atoms with Crippen molar-refractivity contribution in [1.29, 1.82) is 0 Å². The Labute approximate surface area is 125 Å². The molecule has 1 saturated carbocycles. The van der Waals surface area contributed by atoms with E-state index in [-0.39, 0.29) is 17.7 Å². The quantitative estimate of drug-likeness (QED) is 0.756. The van der Waals surface area contributed by atoms with Gasteiger partial charge in [-0.2, -0.15) is 0 Å². The van der Waals surface area contributed by atoms with Crippen molar-refractivity contribution in [3.05, 3.63) is 29.8 Å². The standard InChI is InChI=1S/C16H22N2O3/c1-21-11-5-10-17-16(20)13-8-2-3-9-14(13)18-15(19)12-6-4-7-12/h2-3,8-9,12H,4-7,10-11H2,1H3,(H,17,20)(H,18,19). The second-order valence-corrected chi connectivity index (χ2v) is 5.26. The fourth-order valence-electron chi connectivity index (χ4n) is 2.21. The van der Waals surface area contributed by atoms with Crippen molar-refractivity contribution in [3.63, 3.8) is 0 Å². The summed E-state index contributed by atoms with van der Waals surface area (Å²) >= 11 is 0. The van der Waals surface area contributed by atoms with Gasteiger partial charge in [0, 0.05) is 26.2 Å². The molecule has 1 aliphatic rings. The largest absolute Gasteiger partial charge is 0.385 e. The van der Waals surface area contributed by atoms with Gasteiger partial charge in [0.2, 0.25) is 5.91 Å². The smallest absolute Gasteiger partial charge is 0.253 e. The summed E-state index contributed by atoms with van der Waals surface area (Å²) in [5.41, 5.74) is 1.08. The molecule has 1 aromatic rings. The van der Waals surface area contributed by atoms with Gasteiger partial charge < -0.3 is 15.4 Å². The molecule has 0 spiro atoms. The molecule has 2 N–H and O–H groups in total. The molecular weight excluding hydrogens is 268 g/mol. The van der Waals surface area contributed by atoms with E-state index in [9.17, 15) is 9.59 Å². The summed E-state index contributed by atoms with van der Waals surface area (Å²) in [5.74, 6) is -0.0562. The van der Waals surface area contributed by atoms with Crippen LogP contribution in [0.1, 0.15) is 36.0 Å². The highest BCUT2D eigenvalue weighted by Crippen LogP contribution is 2.28. The maximum atomic E-state index is 12.2. The molecule has 0 atom stereocenters. The Morgan fingerprint density at radius 1 is 1.29 bits per heavy atom. The Morgan fingerprint density at radius 2 is 2.05 bits per heavy atom. The van der Waals surface area contributed by atoms with Crippen LogP contribution in [0.2, 0.25) is 0 Å². The van der Waals surface area contributed by atoms with Crippen LogP contribution in [-0.2, 0) is 9.53 Å². The van der Waals surface area contributed by atoms with Crippen molar-refractivity contribution < 1.29 is 14.3 Å². The molecule has 114 valence electrons. The fraction of sp³-hybridized carbons (Fsp3) is 0.500. The molecule has 21 heavy (non-hydrogen) atoms. The zero-order valence-electron chi connectivity index (χ0n) is 12.4. The molecule has 5 nitrogen and oxygen atoms in total. The molecule has 1 aliphatic carbocycles. The number of nitrogens with one attached hydrogen (secondary N) is 2. The number of anilines is 1. The number of methoxy groups -OCH3 is 1. The Bertz CT molecular complexity index is 498. The average molecular weight is 290 g/mol. The molecule has 0 unspecified atom stereocenters. The van der Waals surface area contributed by atoms with Crippen molar-refractivity contribution in [2.24, 2.45) is 5.92 Å². The van der Waals surface area contributed by atoms with Gasteiger partial charge in [0.1, 0.15) is 0 Å². The van der Waals surface area contributed by atoms with Crippen LogP contribution in [0, 0.1) is 5.92 Å². The minimum Gasteiger partial charge on any atom is -0.385 e. The second kappa shape index (κ2) is 7.78. The summed E-state index contributed by atoms with van der Waals surface area (Å²) < 4.78 is 4.94. The van der Waals surface area contributed by atoms with Gasteiger partial charge in [0.15, 0.2) is 0 Å². The van der Waals surface area contributed by atoms with Crippen LogP contribution in [0.15, 0.2) is 24.3 Å². The van der Waals surface area contributed by atoms with E-state index < -0.39 is 0 Å². The van der Waals surface area contributed by atoms with E-state index in [0.29, 0.717) is 24.4 Å². The van der Waals surface area contributed by atoms with E-state index in [1.54, 1.807) is 25.3 Å². The number of rotatable bonds is 7. The van der Waals surface area contributed by atoms with Crippen LogP contribution < -0.4 is 10.6 Å². The third kappa shape index (κ3) is 4.29. The van der Waals surface area contributed by atoms with Gasteiger partial charge in [-0.25, -0.2) is 0 Å². The number of benzene rings is 1. The van der Waals surface area contributed by atoms with E-state index in [0.717, 1.165) is 25.7 Å². The predicted octanol–water partition coefficient (Wildman–Crippen LogP) is 2.19. The molecule has 1 fully saturated rings. The lowest BCUT2D eigenvalue weighted by Crippen LogP contribution is -2.30. The first-order valence-corrected chi connectivity index (χ1v) is 7.39. The van der Waals surface area contributed by atoms with Gasteiger partial charge in [-0.1, -0.05) is 18.6 Å². The van der Waals surface area contributed by atoms with Crippen molar-refractivity contribution in [3.8, 4) is 0 Å².